The second kappa shape index (κ2) is 9.65. The maximum Gasteiger partial charge on any atom is 0.341 e. The maximum atomic E-state index is 12.3. The molecule has 1 amide bonds. The zero-order valence-electron chi connectivity index (χ0n) is 16.0. The predicted octanol–water partition coefficient (Wildman–Crippen LogP) is 4.58. The number of ether oxygens (including phenoxy) is 2. The summed E-state index contributed by atoms with van der Waals surface area (Å²) in [5, 5.41) is 3.39. The van der Waals surface area contributed by atoms with E-state index < -0.39 is 24.5 Å². The topological polar surface area (TPSA) is 81.7 Å². The smallest absolute Gasteiger partial charge is 0.341 e. The predicted molar refractivity (Wildman–Crippen MR) is 114 cm³/mol. The molecule has 6 nitrogen and oxygen atoms in total. The Balaban J connectivity index is 1.67. The molecule has 1 N–H and O–H groups in total. The van der Waals surface area contributed by atoms with Crippen molar-refractivity contribution in [1.82, 2.24) is 0 Å². The van der Waals surface area contributed by atoms with E-state index in [2.05, 4.69) is 5.32 Å². The van der Waals surface area contributed by atoms with Crippen molar-refractivity contribution in [2.45, 2.75) is 31.1 Å². The van der Waals surface area contributed by atoms with Gasteiger partial charge in [-0.25, -0.2) is 9.59 Å². The third-order valence-corrected chi connectivity index (χ3v) is 6.64. The Kier molecular flexibility index (Phi) is 7.21. The van der Waals surface area contributed by atoms with Gasteiger partial charge in [-0.15, -0.1) is 23.1 Å². The molecule has 1 aromatic carbocycles. The minimum atomic E-state index is -0.680. The monoisotopic (exact) mass is 453 g/mol. The number of nitrogens with one attached hydrogen (secondary N) is 1. The van der Waals surface area contributed by atoms with Gasteiger partial charge >= 0.3 is 11.9 Å². The first-order chi connectivity index (χ1) is 13.9. The number of thiophene rings is 1. The van der Waals surface area contributed by atoms with Gasteiger partial charge in [0.15, 0.2) is 6.61 Å². The van der Waals surface area contributed by atoms with Gasteiger partial charge in [-0.05, 0) is 56.2 Å². The van der Waals surface area contributed by atoms with Gasteiger partial charge in [0.05, 0.1) is 22.8 Å². The highest BCUT2D eigenvalue weighted by molar-refractivity contribution is 7.98. The van der Waals surface area contributed by atoms with Crippen molar-refractivity contribution in [2.24, 2.45) is 0 Å². The molecule has 9 heteroatoms. The number of hydrogen-bond donors (Lipinski definition) is 1. The SMILES string of the molecule is CCOC(=O)c1c(NC(=O)COC(=O)c2cc(SC)ccc2Cl)sc2c1CCC2. The van der Waals surface area contributed by atoms with Crippen molar-refractivity contribution < 1.29 is 23.9 Å². The quantitative estimate of drug-likeness (QED) is 0.488. The van der Waals surface area contributed by atoms with Gasteiger partial charge in [-0.3, -0.25) is 4.79 Å². The van der Waals surface area contributed by atoms with Gasteiger partial charge in [0.2, 0.25) is 0 Å². The van der Waals surface area contributed by atoms with Crippen molar-refractivity contribution in [3.05, 3.63) is 44.8 Å². The number of rotatable bonds is 7. The van der Waals surface area contributed by atoms with Crippen LogP contribution in [0.15, 0.2) is 23.1 Å². The summed E-state index contributed by atoms with van der Waals surface area (Å²) >= 11 is 8.90. The van der Waals surface area contributed by atoms with Gasteiger partial charge in [0, 0.05) is 9.77 Å². The third kappa shape index (κ3) is 4.94. The second-order valence-corrected chi connectivity index (χ2v) is 8.64. The highest BCUT2D eigenvalue weighted by Crippen LogP contribution is 2.39. The van der Waals surface area contributed by atoms with Gasteiger partial charge in [-0.1, -0.05) is 11.6 Å². The summed E-state index contributed by atoms with van der Waals surface area (Å²) in [6.07, 6.45) is 4.53. The molecule has 0 atom stereocenters. The van der Waals surface area contributed by atoms with Crippen LogP contribution >= 0.6 is 34.7 Å². The Morgan fingerprint density at radius 3 is 2.72 bits per heavy atom. The summed E-state index contributed by atoms with van der Waals surface area (Å²) in [6, 6.07) is 5.03. The minimum absolute atomic E-state index is 0.202. The van der Waals surface area contributed by atoms with Crippen molar-refractivity contribution in [3.63, 3.8) is 0 Å². The van der Waals surface area contributed by atoms with E-state index in [-0.39, 0.29) is 17.2 Å². The number of aryl methyl sites for hydroxylation is 1. The first-order valence-electron chi connectivity index (χ1n) is 9.06. The molecule has 154 valence electrons. The number of halogens is 1. The van der Waals surface area contributed by atoms with Crippen molar-refractivity contribution in [2.75, 3.05) is 24.8 Å². The number of amides is 1. The first-order valence-corrected chi connectivity index (χ1v) is 11.5. The number of fused-ring (bicyclic) bond motifs is 1. The van der Waals surface area contributed by atoms with E-state index in [1.807, 2.05) is 6.26 Å². The van der Waals surface area contributed by atoms with Crippen molar-refractivity contribution in [1.29, 1.82) is 0 Å². The lowest BCUT2D eigenvalue weighted by molar-refractivity contribution is -0.119. The van der Waals surface area contributed by atoms with Crippen LogP contribution in [0.1, 0.15) is 44.5 Å². The lowest BCUT2D eigenvalue weighted by Crippen LogP contribution is -2.22. The summed E-state index contributed by atoms with van der Waals surface area (Å²) in [7, 11) is 0. The second-order valence-electron chi connectivity index (χ2n) is 6.25. The number of thioether (sulfide) groups is 1. The van der Waals surface area contributed by atoms with Crippen LogP contribution in [-0.2, 0) is 27.1 Å². The number of esters is 2. The Morgan fingerprint density at radius 2 is 2.00 bits per heavy atom. The molecule has 1 aliphatic carbocycles. The third-order valence-electron chi connectivity index (χ3n) is 4.38. The van der Waals surface area contributed by atoms with Crippen LogP contribution in [0.4, 0.5) is 5.00 Å². The zero-order chi connectivity index (χ0) is 21.0. The Labute approximate surface area is 181 Å². The standard InChI is InChI=1S/C20H20ClNO5S2/c1-3-26-20(25)17-12-5-4-6-15(12)29-18(17)22-16(23)10-27-19(24)13-9-11(28-2)7-8-14(13)21/h7-9H,3-6,10H2,1-2H3,(H,22,23). The molecule has 0 aliphatic heterocycles. The molecule has 29 heavy (non-hydrogen) atoms. The molecule has 0 fully saturated rings. The summed E-state index contributed by atoms with van der Waals surface area (Å²) in [6.45, 7) is 1.51. The minimum Gasteiger partial charge on any atom is -0.462 e. The molecule has 0 unspecified atom stereocenters. The van der Waals surface area contributed by atoms with Crippen LogP contribution in [0.25, 0.3) is 0 Å². The summed E-state index contributed by atoms with van der Waals surface area (Å²) in [5.41, 5.74) is 1.56. The van der Waals surface area contributed by atoms with Crippen LogP contribution < -0.4 is 5.32 Å². The van der Waals surface area contributed by atoms with Gasteiger partial charge in [0.1, 0.15) is 5.00 Å². The van der Waals surface area contributed by atoms with Gasteiger partial charge in [-0.2, -0.15) is 0 Å². The van der Waals surface area contributed by atoms with Crippen LogP contribution in [0, 0.1) is 0 Å². The molecule has 0 spiro atoms. The fourth-order valence-electron chi connectivity index (χ4n) is 3.07. The average molecular weight is 454 g/mol. The van der Waals surface area contributed by atoms with Crippen LogP contribution in [0.5, 0.6) is 0 Å². The fraction of sp³-hybridized carbons (Fsp3) is 0.350. The van der Waals surface area contributed by atoms with Gasteiger partial charge in [0.25, 0.3) is 5.91 Å². The normalized spacial score (nSPS) is 12.4. The van der Waals surface area contributed by atoms with E-state index >= 15 is 0 Å². The lowest BCUT2D eigenvalue weighted by Gasteiger charge is -2.09. The summed E-state index contributed by atoms with van der Waals surface area (Å²) in [4.78, 5) is 38.9. The molecule has 1 heterocycles. The summed E-state index contributed by atoms with van der Waals surface area (Å²) < 4.78 is 10.3. The van der Waals surface area contributed by atoms with Crippen LogP contribution in [0.3, 0.4) is 0 Å². The van der Waals surface area contributed by atoms with E-state index in [1.165, 1.54) is 23.1 Å². The molecular weight excluding hydrogens is 434 g/mol. The van der Waals surface area contributed by atoms with Crippen molar-refractivity contribution >= 4 is 57.5 Å². The van der Waals surface area contributed by atoms with Crippen molar-refractivity contribution in [3.8, 4) is 0 Å². The number of carbonyl (C=O) groups is 3. The molecule has 0 bridgehead atoms. The number of carbonyl (C=O) groups excluding carboxylic acids is 3. The Morgan fingerprint density at radius 1 is 1.21 bits per heavy atom. The molecular formula is C20H20ClNO5S2. The van der Waals surface area contributed by atoms with Crippen LogP contribution in [0.2, 0.25) is 5.02 Å². The highest BCUT2D eigenvalue weighted by atomic mass is 35.5. The van der Waals surface area contributed by atoms with E-state index in [1.54, 1.807) is 25.1 Å². The van der Waals surface area contributed by atoms with E-state index in [9.17, 15) is 14.4 Å². The summed E-state index contributed by atoms with van der Waals surface area (Å²) in [5.74, 6) is -1.65. The van der Waals surface area contributed by atoms with Gasteiger partial charge < -0.3 is 14.8 Å². The molecule has 3 rings (SSSR count). The average Bonchev–Trinajstić information content (AvgIpc) is 3.27. The number of hydrogen-bond acceptors (Lipinski definition) is 7. The van der Waals surface area contributed by atoms with E-state index in [0.717, 1.165) is 34.6 Å². The maximum absolute atomic E-state index is 12.3. The largest absolute Gasteiger partial charge is 0.462 e. The molecule has 2 aromatic rings. The lowest BCUT2D eigenvalue weighted by atomic mass is 10.1. The molecule has 0 saturated heterocycles. The van der Waals surface area contributed by atoms with Crippen LogP contribution in [-0.4, -0.2) is 37.3 Å². The Bertz CT molecular complexity index is 957. The molecule has 1 aromatic heterocycles. The Hall–Kier alpha value is -2.03. The highest BCUT2D eigenvalue weighted by Gasteiger charge is 2.28. The first kappa shape index (κ1) is 21.7. The number of benzene rings is 1. The molecule has 0 radical (unpaired) electrons. The zero-order valence-corrected chi connectivity index (χ0v) is 18.4. The fourth-order valence-corrected chi connectivity index (χ4v) is 5.00. The molecule has 0 saturated carbocycles. The van der Waals surface area contributed by atoms with E-state index in [0.29, 0.717) is 10.6 Å². The van der Waals surface area contributed by atoms with E-state index in [4.69, 9.17) is 21.1 Å². The molecule has 1 aliphatic rings. The number of anilines is 1.